The van der Waals surface area contributed by atoms with Crippen LogP contribution in [0.4, 0.5) is 21.6 Å². The van der Waals surface area contributed by atoms with Crippen molar-refractivity contribution >= 4 is 34.7 Å². The fourth-order valence-electron chi connectivity index (χ4n) is 2.79. The number of aromatic nitrogens is 2. The fourth-order valence-corrected chi connectivity index (χ4v) is 2.96. The van der Waals surface area contributed by atoms with Gasteiger partial charge < -0.3 is 31.1 Å². The first-order chi connectivity index (χ1) is 15.7. The minimum atomic E-state index is -0.660. The standard InChI is InChI=1S/C19H17ClFN5O2.C3H8O2/c1-26(2)18-16(24-15-5-6-23-9-13(15)17(22)27)8-12(19(28)25-18)11-7-10(20)3-4-14(11)21;4-2-1-3-5/h3-9H,1-2H3,(H2,22,27)(H,23,24)(H,25,28);4-5H,1-3H2. The number of aliphatic hydroxyl groups excluding tert-OH is 2. The van der Waals surface area contributed by atoms with Gasteiger partial charge >= 0.3 is 0 Å². The lowest BCUT2D eigenvalue weighted by atomic mass is 10.1. The first-order valence-corrected chi connectivity index (χ1v) is 10.2. The van der Waals surface area contributed by atoms with Gasteiger partial charge in [-0.1, -0.05) is 11.6 Å². The number of aliphatic hydroxyl groups is 2. The molecular formula is C22H25ClFN5O4. The minimum absolute atomic E-state index is 0.0620. The Labute approximate surface area is 194 Å². The van der Waals surface area contributed by atoms with Crippen LogP contribution in [0.5, 0.6) is 0 Å². The Morgan fingerprint density at radius 2 is 1.88 bits per heavy atom. The summed E-state index contributed by atoms with van der Waals surface area (Å²) in [6.07, 6.45) is 3.33. The van der Waals surface area contributed by atoms with Crippen molar-refractivity contribution in [3.05, 3.63) is 69.5 Å². The molecule has 0 aliphatic carbocycles. The summed E-state index contributed by atoms with van der Waals surface area (Å²) in [6.45, 7) is 0.188. The van der Waals surface area contributed by atoms with Crippen molar-refractivity contribution in [3.8, 4) is 11.1 Å². The highest BCUT2D eigenvalue weighted by Crippen LogP contribution is 2.31. The van der Waals surface area contributed by atoms with E-state index in [4.69, 9.17) is 27.5 Å². The van der Waals surface area contributed by atoms with Crippen LogP contribution >= 0.6 is 11.6 Å². The molecule has 0 aliphatic rings. The Hall–Kier alpha value is -3.47. The van der Waals surface area contributed by atoms with E-state index < -0.39 is 17.3 Å². The third-order valence-electron chi connectivity index (χ3n) is 4.36. The molecule has 0 bridgehead atoms. The molecule has 33 heavy (non-hydrogen) atoms. The molecule has 0 saturated heterocycles. The second-order valence-corrected chi connectivity index (χ2v) is 7.44. The van der Waals surface area contributed by atoms with E-state index in [1.807, 2.05) is 0 Å². The van der Waals surface area contributed by atoms with Crippen molar-refractivity contribution in [2.24, 2.45) is 5.73 Å². The molecule has 0 atom stereocenters. The number of anilines is 3. The molecule has 0 fully saturated rings. The lowest BCUT2D eigenvalue weighted by molar-refractivity contribution is 0.100. The van der Waals surface area contributed by atoms with Crippen LogP contribution < -0.4 is 21.5 Å². The predicted molar refractivity (Wildman–Crippen MR) is 127 cm³/mol. The van der Waals surface area contributed by atoms with Crippen molar-refractivity contribution in [1.82, 2.24) is 9.97 Å². The summed E-state index contributed by atoms with van der Waals surface area (Å²) in [6, 6.07) is 7.04. The van der Waals surface area contributed by atoms with E-state index in [1.54, 1.807) is 25.1 Å². The van der Waals surface area contributed by atoms with E-state index >= 15 is 0 Å². The maximum atomic E-state index is 14.3. The fraction of sp³-hybridized carbons (Fsp3) is 0.227. The molecule has 176 valence electrons. The molecule has 0 spiro atoms. The Balaban J connectivity index is 0.000000696. The zero-order valence-corrected chi connectivity index (χ0v) is 18.9. The summed E-state index contributed by atoms with van der Waals surface area (Å²) in [5.74, 6) is -0.809. The number of nitrogens with zero attached hydrogens (tertiary/aromatic N) is 2. The molecule has 2 heterocycles. The van der Waals surface area contributed by atoms with Gasteiger partial charge in [0.25, 0.3) is 11.5 Å². The van der Waals surface area contributed by atoms with Crippen LogP contribution in [0.3, 0.4) is 0 Å². The molecule has 3 rings (SSSR count). The topological polar surface area (TPSA) is 145 Å². The van der Waals surface area contributed by atoms with Gasteiger partial charge in [-0.25, -0.2) is 4.39 Å². The van der Waals surface area contributed by atoms with E-state index in [9.17, 15) is 14.0 Å². The normalized spacial score (nSPS) is 10.2. The van der Waals surface area contributed by atoms with E-state index in [-0.39, 0.29) is 29.9 Å². The van der Waals surface area contributed by atoms with Gasteiger partial charge in [0.1, 0.15) is 11.6 Å². The third kappa shape index (κ3) is 6.75. The lowest BCUT2D eigenvalue weighted by Gasteiger charge is -2.20. The Kier molecular flexibility index (Phi) is 9.34. The number of rotatable bonds is 7. The molecule has 0 radical (unpaired) electrons. The molecule has 3 aromatic rings. The number of hydrogen-bond donors (Lipinski definition) is 5. The lowest BCUT2D eigenvalue weighted by Crippen LogP contribution is -2.20. The van der Waals surface area contributed by atoms with Gasteiger partial charge in [0.2, 0.25) is 0 Å². The summed E-state index contributed by atoms with van der Waals surface area (Å²) in [5.41, 5.74) is 6.07. The van der Waals surface area contributed by atoms with E-state index in [1.165, 1.54) is 36.7 Å². The smallest absolute Gasteiger partial charge is 0.257 e. The molecule has 0 aliphatic heterocycles. The molecule has 0 saturated carbocycles. The van der Waals surface area contributed by atoms with Crippen molar-refractivity contribution in [1.29, 1.82) is 0 Å². The summed E-state index contributed by atoms with van der Waals surface area (Å²) in [4.78, 5) is 32.5. The largest absolute Gasteiger partial charge is 0.396 e. The van der Waals surface area contributed by atoms with Crippen molar-refractivity contribution in [2.45, 2.75) is 6.42 Å². The van der Waals surface area contributed by atoms with Crippen molar-refractivity contribution < 1.29 is 19.4 Å². The molecule has 9 nitrogen and oxygen atoms in total. The Morgan fingerprint density at radius 1 is 1.18 bits per heavy atom. The second kappa shape index (κ2) is 12.0. The number of pyridine rings is 2. The minimum Gasteiger partial charge on any atom is -0.396 e. The van der Waals surface area contributed by atoms with Gasteiger partial charge in [0, 0.05) is 50.3 Å². The van der Waals surface area contributed by atoms with Gasteiger partial charge in [-0.3, -0.25) is 14.6 Å². The number of amides is 1. The summed E-state index contributed by atoms with van der Waals surface area (Å²) < 4.78 is 14.3. The number of nitrogens with one attached hydrogen (secondary N) is 2. The number of H-pyrrole nitrogens is 1. The first-order valence-electron chi connectivity index (χ1n) is 9.82. The number of carbonyl (C=O) groups excluding carboxylic acids is 1. The van der Waals surface area contributed by atoms with Gasteiger partial charge in [0.05, 0.1) is 22.5 Å². The summed E-state index contributed by atoms with van der Waals surface area (Å²) in [7, 11) is 3.47. The van der Waals surface area contributed by atoms with E-state index in [0.717, 1.165) is 0 Å². The summed E-state index contributed by atoms with van der Waals surface area (Å²) >= 11 is 5.96. The van der Waals surface area contributed by atoms with Gasteiger partial charge in [-0.05, 0) is 36.8 Å². The number of benzene rings is 1. The van der Waals surface area contributed by atoms with E-state index in [2.05, 4.69) is 15.3 Å². The molecule has 6 N–H and O–H groups in total. The number of halogens is 2. The van der Waals surface area contributed by atoms with Crippen LogP contribution in [0.15, 0.2) is 47.5 Å². The predicted octanol–water partition coefficient (Wildman–Crippen LogP) is 2.50. The number of aromatic amines is 1. The average molecular weight is 478 g/mol. The van der Waals surface area contributed by atoms with Crippen molar-refractivity contribution in [2.75, 3.05) is 37.5 Å². The highest BCUT2D eigenvalue weighted by Gasteiger charge is 2.17. The van der Waals surface area contributed by atoms with Crippen LogP contribution in [0.2, 0.25) is 5.02 Å². The van der Waals surface area contributed by atoms with Crippen LogP contribution in [0.1, 0.15) is 16.8 Å². The number of hydrogen-bond acceptors (Lipinski definition) is 7. The monoisotopic (exact) mass is 477 g/mol. The third-order valence-corrected chi connectivity index (χ3v) is 4.59. The molecule has 11 heteroatoms. The van der Waals surface area contributed by atoms with Crippen LogP contribution in [-0.4, -0.2) is 53.4 Å². The quantitative estimate of drug-likeness (QED) is 0.351. The molecule has 0 unspecified atom stereocenters. The molecular weight excluding hydrogens is 453 g/mol. The van der Waals surface area contributed by atoms with Crippen LogP contribution in [0.25, 0.3) is 11.1 Å². The van der Waals surface area contributed by atoms with Gasteiger partial charge in [-0.2, -0.15) is 0 Å². The number of primary amides is 1. The molecule has 2 aromatic heterocycles. The zero-order valence-electron chi connectivity index (χ0n) is 18.1. The second-order valence-electron chi connectivity index (χ2n) is 7.00. The van der Waals surface area contributed by atoms with Gasteiger partial charge in [-0.15, -0.1) is 0 Å². The molecule has 1 amide bonds. The first kappa shape index (κ1) is 25.8. The summed E-state index contributed by atoms with van der Waals surface area (Å²) in [5, 5.41) is 19.2. The van der Waals surface area contributed by atoms with E-state index in [0.29, 0.717) is 28.6 Å². The van der Waals surface area contributed by atoms with Crippen molar-refractivity contribution in [3.63, 3.8) is 0 Å². The van der Waals surface area contributed by atoms with Crippen LogP contribution in [0, 0.1) is 5.82 Å². The number of nitrogens with two attached hydrogens (primary N) is 1. The molecule has 1 aromatic carbocycles. The maximum absolute atomic E-state index is 14.3. The van der Waals surface area contributed by atoms with Crippen LogP contribution in [-0.2, 0) is 0 Å². The highest BCUT2D eigenvalue weighted by molar-refractivity contribution is 6.30. The Bertz CT molecular complexity index is 1170. The van der Waals surface area contributed by atoms with Gasteiger partial charge in [0.15, 0.2) is 0 Å². The maximum Gasteiger partial charge on any atom is 0.257 e. The number of carbonyl (C=O) groups is 1. The Morgan fingerprint density at radius 3 is 2.45 bits per heavy atom. The SMILES string of the molecule is CN(C)c1[nH]c(=O)c(-c2cc(Cl)ccc2F)cc1Nc1ccncc1C(N)=O.OCCCO. The zero-order chi connectivity index (χ0) is 24.5. The highest BCUT2D eigenvalue weighted by atomic mass is 35.5. The average Bonchev–Trinajstić information content (AvgIpc) is 2.77.